The first kappa shape index (κ1) is 14.5. The average molecular weight is 317 g/mol. The summed E-state index contributed by atoms with van der Waals surface area (Å²) in [6.07, 6.45) is -0.0121. The third-order valence-electron chi connectivity index (χ3n) is 3.06. The van der Waals surface area contributed by atoms with Crippen molar-refractivity contribution in [1.82, 2.24) is 19.8 Å². The van der Waals surface area contributed by atoms with Crippen molar-refractivity contribution in [3.05, 3.63) is 36.2 Å². The molecule has 3 rings (SSSR count). The predicted octanol–water partition coefficient (Wildman–Crippen LogP) is 2.29. The van der Waals surface area contributed by atoms with E-state index >= 15 is 0 Å². The van der Waals surface area contributed by atoms with E-state index in [9.17, 15) is 4.79 Å². The van der Waals surface area contributed by atoms with E-state index in [0.29, 0.717) is 28.1 Å². The second-order valence-electron chi connectivity index (χ2n) is 4.67. The van der Waals surface area contributed by atoms with Gasteiger partial charge < -0.3 is 4.74 Å². The van der Waals surface area contributed by atoms with E-state index in [1.54, 1.807) is 11.4 Å². The average Bonchev–Trinajstić information content (AvgIpc) is 3.07. The van der Waals surface area contributed by atoms with Crippen LogP contribution in [0.15, 0.2) is 30.3 Å². The molecule has 0 bridgehead atoms. The molecule has 1 N–H and O–H groups in total. The van der Waals surface area contributed by atoms with Crippen molar-refractivity contribution in [3.63, 3.8) is 0 Å². The molecule has 2 heterocycles. The van der Waals surface area contributed by atoms with Gasteiger partial charge in [0.05, 0.1) is 0 Å². The number of nitrogens with zero attached hydrogens (tertiary/aromatic N) is 4. The molecule has 3 aromatic rings. The highest BCUT2D eigenvalue weighted by Crippen LogP contribution is 2.19. The summed E-state index contributed by atoms with van der Waals surface area (Å²) in [5.41, 5.74) is 0. The Balaban J connectivity index is 1.71. The number of carbonyl (C=O) groups excluding carboxylic acids is 1. The van der Waals surface area contributed by atoms with Crippen LogP contribution in [0.2, 0.25) is 0 Å². The molecule has 0 fully saturated rings. The number of aryl methyl sites for hydroxylation is 1. The standard InChI is InChI=1S/C14H15N5O2S/c1-3-11(21-10-7-5-4-6-8-10)12(20)15-13-18-19-9(2)16-17-14(19)22-13/h4-8,11H,3H2,1-2H3,(H,15,18,20)/t11-/m0/s1. The Morgan fingerprint density at radius 2 is 2.14 bits per heavy atom. The summed E-state index contributed by atoms with van der Waals surface area (Å²) in [7, 11) is 0. The number of anilines is 1. The number of fused-ring (bicyclic) bond motifs is 1. The fourth-order valence-corrected chi connectivity index (χ4v) is 2.72. The number of hydrogen-bond donors (Lipinski definition) is 1. The summed E-state index contributed by atoms with van der Waals surface area (Å²) in [4.78, 5) is 13.0. The maximum absolute atomic E-state index is 12.3. The number of amides is 1. The second-order valence-corrected chi connectivity index (χ2v) is 5.62. The van der Waals surface area contributed by atoms with Crippen molar-refractivity contribution in [2.75, 3.05) is 5.32 Å². The molecule has 0 aliphatic rings. The molecular weight excluding hydrogens is 302 g/mol. The van der Waals surface area contributed by atoms with Gasteiger partial charge in [-0.3, -0.25) is 10.1 Å². The molecular formula is C14H15N5O2S. The highest BCUT2D eigenvalue weighted by Gasteiger charge is 2.20. The largest absolute Gasteiger partial charge is 0.481 e. The van der Waals surface area contributed by atoms with Crippen LogP contribution in [0.3, 0.4) is 0 Å². The van der Waals surface area contributed by atoms with E-state index in [0.717, 1.165) is 0 Å². The minimum Gasteiger partial charge on any atom is -0.481 e. The van der Waals surface area contributed by atoms with Crippen molar-refractivity contribution in [1.29, 1.82) is 0 Å². The van der Waals surface area contributed by atoms with Crippen molar-refractivity contribution < 1.29 is 9.53 Å². The smallest absolute Gasteiger partial charge is 0.267 e. The Morgan fingerprint density at radius 3 is 2.82 bits per heavy atom. The quantitative estimate of drug-likeness (QED) is 0.781. The number of aromatic nitrogens is 4. The number of nitrogens with one attached hydrogen (secondary N) is 1. The topological polar surface area (TPSA) is 81.4 Å². The summed E-state index contributed by atoms with van der Waals surface area (Å²) >= 11 is 1.27. The highest BCUT2D eigenvalue weighted by atomic mass is 32.1. The first-order valence-corrected chi connectivity index (χ1v) is 7.70. The second kappa shape index (κ2) is 6.10. The molecule has 7 nitrogen and oxygen atoms in total. The molecule has 8 heteroatoms. The lowest BCUT2D eigenvalue weighted by atomic mass is 10.2. The Labute approximate surface area is 130 Å². The number of benzene rings is 1. The van der Waals surface area contributed by atoms with Gasteiger partial charge >= 0.3 is 0 Å². The first-order chi connectivity index (χ1) is 10.7. The summed E-state index contributed by atoms with van der Waals surface area (Å²) < 4.78 is 7.30. The van der Waals surface area contributed by atoms with E-state index in [4.69, 9.17) is 4.74 Å². The maximum Gasteiger partial charge on any atom is 0.267 e. The van der Waals surface area contributed by atoms with Crippen molar-refractivity contribution >= 4 is 27.3 Å². The number of para-hydroxylation sites is 1. The zero-order valence-electron chi connectivity index (χ0n) is 12.2. The lowest BCUT2D eigenvalue weighted by Gasteiger charge is -2.16. The number of ether oxygens (including phenoxy) is 1. The summed E-state index contributed by atoms with van der Waals surface area (Å²) in [5, 5.41) is 15.4. The van der Waals surface area contributed by atoms with Gasteiger partial charge in [0.2, 0.25) is 10.1 Å². The van der Waals surface area contributed by atoms with Crippen LogP contribution in [0.25, 0.3) is 4.96 Å². The molecule has 0 aliphatic carbocycles. The van der Waals surface area contributed by atoms with Gasteiger partial charge in [0.1, 0.15) is 5.75 Å². The van der Waals surface area contributed by atoms with E-state index in [1.165, 1.54) is 11.3 Å². The molecule has 0 aliphatic heterocycles. The van der Waals surface area contributed by atoms with E-state index in [-0.39, 0.29) is 5.91 Å². The number of carbonyl (C=O) groups is 1. The third-order valence-corrected chi connectivity index (χ3v) is 3.88. The molecule has 0 spiro atoms. The monoisotopic (exact) mass is 317 g/mol. The molecule has 0 radical (unpaired) electrons. The Bertz CT molecular complexity index is 783. The van der Waals surface area contributed by atoms with Crippen molar-refractivity contribution in [2.24, 2.45) is 0 Å². The van der Waals surface area contributed by atoms with Crippen LogP contribution in [0.4, 0.5) is 5.13 Å². The van der Waals surface area contributed by atoms with Gasteiger partial charge in [-0.2, -0.15) is 4.52 Å². The molecule has 1 aromatic carbocycles. The fraction of sp³-hybridized carbons (Fsp3) is 0.286. The minimum atomic E-state index is -0.571. The lowest BCUT2D eigenvalue weighted by Crippen LogP contribution is -2.32. The van der Waals surface area contributed by atoms with Gasteiger partial charge in [0, 0.05) is 0 Å². The molecule has 1 amide bonds. The molecule has 22 heavy (non-hydrogen) atoms. The van der Waals surface area contributed by atoms with Crippen LogP contribution >= 0.6 is 11.3 Å². The summed E-state index contributed by atoms with van der Waals surface area (Å²) in [5.74, 6) is 1.12. The minimum absolute atomic E-state index is 0.228. The van der Waals surface area contributed by atoms with E-state index in [2.05, 4.69) is 20.6 Å². The normalized spacial score (nSPS) is 12.3. The van der Waals surface area contributed by atoms with Gasteiger partial charge in [-0.05, 0) is 25.5 Å². The van der Waals surface area contributed by atoms with Crippen molar-refractivity contribution in [3.8, 4) is 5.75 Å². The van der Waals surface area contributed by atoms with Crippen LogP contribution in [-0.2, 0) is 4.79 Å². The zero-order valence-corrected chi connectivity index (χ0v) is 13.0. The maximum atomic E-state index is 12.3. The number of hydrogen-bond acceptors (Lipinski definition) is 6. The Hall–Kier alpha value is -2.48. The summed E-state index contributed by atoms with van der Waals surface area (Å²) in [6.45, 7) is 3.70. The SMILES string of the molecule is CC[C@H](Oc1ccccc1)C(=O)Nc1nn2c(C)nnc2s1. The summed E-state index contributed by atoms with van der Waals surface area (Å²) in [6, 6.07) is 9.28. The van der Waals surface area contributed by atoms with Gasteiger partial charge in [-0.15, -0.1) is 15.3 Å². The molecule has 1 atom stereocenters. The Morgan fingerprint density at radius 1 is 1.36 bits per heavy atom. The molecule has 114 valence electrons. The van der Waals surface area contributed by atoms with Crippen LogP contribution in [0.5, 0.6) is 5.75 Å². The predicted molar refractivity (Wildman–Crippen MR) is 83.2 cm³/mol. The number of rotatable bonds is 5. The van der Waals surface area contributed by atoms with Crippen LogP contribution in [0.1, 0.15) is 19.2 Å². The van der Waals surface area contributed by atoms with Gasteiger partial charge in [0.25, 0.3) is 5.91 Å². The third kappa shape index (κ3) is 2.91. The highest BCUT2D eigenvalue weighted by molar-refractivity contribution is 7.20. The van der Waals surface area contributed by atoms with E-state index in [1.807, 2.05) is 37.3 Å². The molecule has 0 saturated carbocycles. The van der Waals surface area contributed by atoms with Crippen LogP contribution in [0, 0.1) is 6.92 Å². The van der Waals surface area contributed by atoms with Crippen LogP contribution < -0.4 is 10.1 Å². The zero-order chi connectivity index (χ0) is 15.5. The molecule has 0 unspecified atom stereocenters. The van der Waals surface area contributed by atoms with Crippen LogP contribution in [-0.4, -0.2) is 31.8 Å². The lowest BCUT2D eigenvalue weighted by molar-refractivity contribution is -0.122. The van der Waals surface area contributed by atoms with Gasteiger partial charge in [-0.1, -0.05) is 36.5 Å². The Kier molecular flexibility index (Phi) is 4.01. The molecule has 0 saturated heterocycles. The van der Waals surface area contributed by atoms with Gasteiger partial charge in [0.15, 0.2) is 11.9 Å². The molecule has 2 aromatic heterocycles. The van der Waals surface area contributed by atoms with E-state index < -0.39 is 6.10 Å². The first-order valence-electron chi connectivity index (χ1n) is 6.88. The van der Waals surface area contributed by atoms with Gasteiger partial charge in [-0.25, -0.2) is 0 Å². The fourth-order valence-electron chi connectivity index (χ4n) is 1.94. The van der Waals surface area contributed by atoms with Crippen molar-refractivity contribution in [2.45, 2.75) is 26.4 Å².